The Hall–Kier alpha value is -2.89. The highest BCUT2D eigenvalue weighted by Crippen LogP contribution is 2.31. The van der Waals surface area contributed by atoms with E-state index in [1.807, 2.05) is 30.7 Å². The van der Waals surface area contributed by atoms with Crippen LogP contribution >= 0.6 is 0 Å². The van der Waals surface area contributed by atoms with Crippen molar-refractivity contribution in [2.24, 2.45) is 0 Å². The second kappa shape index (κ2) is 9.77. The van der Waals surface area contributed by atoms with Gasteiger partial charge in [0.25, 0.3) is 10.1 Å². The summed E-state index contributed by atoms with van der Waals surface area (Å²) in [6, 6.07) is 18.5. The van der Waals surface area contributed by atoms with Crippen LogP contribution in [0.2, 0.25) is 0 Å². The molecule has 0 bridgehead atoms. The third-order valence-corrected chi connectivity index (χ3v) is 7.73. The number of hydrogen-bond donors (Lipinski definition) is 1. The standard InChI is InChI=1S/C29H33NO3S/c1-5-23-13-11-21(18-24(23)6-2)9-10-22-12-14-25-16-17-30(27(25)19-22)29-26(7-3)20(4)8-15-28(29)34(31,32)33/h8,11-19H,5-7,9-10H2,1-4H3,(H,31,32,33). The summed E-state index contributed by atoms with van der Waals surface area (Å²) in [4.78, 5) is -0.0547. The monoisotopic (exact) mass is 475 g/mol. The molecule has 0 amide bonds. The average Bonchev–Trinajstić information content (AvgIpc) is 3.24. The first kappa shape index (κ1) is 24.2. The van der Waals surface area contributed by atoms with Gasteiger partial charge in [0.15, 0.2) is 0 Å². The van der Waals surface area contributed by atoms with Crippen molar-refractivity contribution in [3.8, 4) is 5.69 Å². The van der Waals surface area contributed by atoms with Crippen molar-refractivity contribution in [2.75, 3.05) is 0 Å². The molecule has 0 aliphatic rings. The summed E-state index contributed by atoms with van der Waals surface area (Å²) in [5, 5.41) is 1.04. The molecule has 0 fully saturated rings. The second-order valence-corrected chi connectivity index (χ2v) is 10.3. The minimum absolute atomic E-state index is 0.0547. The normalized spacial score (nSPS) is 11.9. The van der Waals surface area contributed by atoms with E-state index in [-0.39, 0.29) is 4.90 Å². The van der Waals surface area contributed by atoms with Crippen molar-refractivity contribution in [1.82, 2.24) is 4.57 Å². The Kier molecular flexibility index (Phi) is 6.96. The van der Waals surface area contributed by atoms with Crippen LogP contribution in [0.4, 0.5) is 0 Å². The van der Waals surface area contributed by atoms with E-state index in [1.165, 1.54) is 28.3 Å². The molecule has 1 N–H and O–H groups in total. The molecule has 4 nitrogen and oxygen atoms in total. The average molecular weight is 476 g/mol. The molecule has 4 aromatic rings. The minimum Gasteiger partial charge on any atom is -0.315 e. The molecule has 1 aromatic heterocycles. The molecule has 0 radical (unpaired) electrons. The fourth-order valence-electron chi connectivity index (χ4n) is 4.96. The lowest BCUT2D eigenvalue weighted by molar-refractivity contribution is 0.482. The Morgan fingerprint density at radius 2 is 1.47 bits per heavy atom. The van der Waals surface area contributed by atoms with Gasteiger partial charge in [-0.1, -0.05) is 57.2 Å². The van der Waals surface area contributed by atoms with E-state index in [2.05, 4.69) is 50.2 Å². The van der Waals surface area contributed by atoms with Crippen LogP contribution in [-0.2, 0) is 42.2 Å². The van der Waals surface area contributed by atoms with E-state index in [9.17, 15) is 13.0 Å². The van der Waals surface area contributed by atoms with Crippen LogP contribution in [0.5, 0.6) is 0 Å². The molecular weight excluding hydrogens is 442 g/mol. The highest BCUT2D eigenvalue weighted by Gasteiger charge is 2.22. The smallest absolute Gasteiger partial charge is 0.296 e. The summed E-state index contributed by atoms with van der Waals surface area (Å²) >= 11 is 0. The van der Waals surface area contributed by atoms with E-state index >= 15 is 0 Å². The van der Waals surface area contributed by atoms with Crippen molar-refractivity contribution in [2.45, 2.75) is 64.7 Å². The van der Waals surface area contributed by atoms with Gasteiger partial charge in [-0.15, -0.1) is 0 Å². The Bertz CT molecular complexity index is 1450. The lowest BCUT2D eigenvalue weighted by Gasteiger charge is -2.17. The van der Waals surface area contributed by atoms with Crippen LogP contribution in [0, 0.1) is 6.92 Å². The maximum atomic E-state index is 12.2. The van der Waals surface area contributed by atoms with Gasteiger partial charge < -0.3 is 4.57 Å². The molecule has 178 valence electrons. The molecule has 0 unspecified atom stereocenters. The van der Waals surface area contributed by atoms with Gasteiger partial charge in [0.05, 0.1) is 11.2 Å². The zero-order valence-corrected chi connectivity index (χ0v) is 21.2. The summed E-state index contributed by atoms with van der Waals surface area (Å²) in [6.07, 6.45) is 6.51. The molecule has 0 spiro atoms. The predicted molar refractivity (Wildman–Crippen MR) is 140 cm³/mol. The summed E-state index contributed by atoms with van der Waals surface area (Å²) in [5.74, 6) is 0. The fraction of sp³-hybridized carbons (Fsp3) is 0.310. The lowest BCUT2D eigenvalue weighted by atomic mass is 9.96. The number of hydrogen-bond acceptors (Lipinski definition) is 2. The number of benzene rings is 3. The van der Waals surface area contributed by atoms with Gasteiger partial charge in [0, 0.05) is 6.20 Å². The van der Waals surface area contributed by atoms with Crippen LogP contribution in [0.3, 0.4) is 0 Å². The molecule has 0 aliphatic carbocycles. The Balaban J connectivity index is 1.75. The molecule has 0 atom stereocenters. The zero-order valence-electron chi connectivity index (χ0n) is 20.4. The summed E-state index contributed by atoms with van der Waals surface area (Å²) < 4.78 is 36.3. The highest BCUT2D eigenvalue weighted by atomic mass is 32.2. The number of nitrogens with zero attached hydrogens (tertiary/aromatic N) is 1. The number of rotatable bonds is 8. The van der Waals surface area contributed by atoms with Gasteiger partial charge in [-0.3, -0.25) is 4.55 Å². The first-order chi connectivity index (χ1) is 16.3. The van der Waals surface area contributed by atoms with Crippen LogP contribution in [0.25, 0.3) is 16.6 Å². The van der Waals surface area contributed by atoms with Gasteiger partial charge in [-0.05, 0) is 96.0 Å². The predicted octanol–water partition coefficient (Wildman–Crippen LogP) is 6.66. The Labute approximate surface area is 203 Å². The summed E-state index contributed by atoms with van der Waals surface area (Å²) in [6.45, 7) is 8.38. The van der Waals surface area contributed by atoms with Gasteiger partial charge >= 0.3 is 0 Å². The van der Waals surface area contributed by atoms with E-state index in [1.54, 1.807) is 6.07 Å². The Morgan fingerprint density at radius 1 is 0.794 bits per heavy atom. The third-order valence-electron chi connectivity index (χ3n) is 6.84. The largest absolute Gasteiger partial charge is 0.315 e. The molecular formula is C29H33NO3S. The van der Waals surface area contributed by atoms with Crippen LogP contribution in [0.1, 0.15) is 54.2 Å². The molecule has 4 rings (SSSR count). The maximum Gasteiger partial charge on any atom is 0.296 e. The van der Waals surface area contributed by atoms with E-state index < -0.39 is 10.1 Å². The van der Waals surface area contributed by atoms with Gasteiger partial charge in [-0.25, -0.2) is 0 Å². The SMILES string of the molecule is CCc1ccc(CCc2ccc3ccn(-c4c(S(=O)(=O)O)ccc(C)c4CC)c3c2)cc1CC. The van der Waals surface area contributed by atoms with Gasteiger partial charge in [0.2, 0.25) is 0 Å². The third kappa shape index (κ3) is 4.68. The van der Waals surface area contributed by atoms with Crippen LogP contribution in [-0.4, -0.2) is 17.5 Å². The molecule has 0 saturated heterocycles. The number of aryl methyl sites for hydroxylation is 5. The van der Waals surface area contributed by atoms with E-state index in [4.69, 9.17) is 0 Å². The quantitative estimate of drug-likeness (QED) is 0.290. The minimum atomic E-state index is -4.37. The zero-order chi connectivity index (χ0) is 24.5. The lowest BCUT2D eigenvalue weighted by Crippen LogP contribution is -2.09. The molecule has 3 aromatic carbocycles. The van der Waals surface area contributed by atoms with Crippen molar-refractivity contribution >= 4 is 21.0 Å². The van der Waals surface area contributed by atoms with E-state index in [0.29, 0.717) is 12.1 Å². The maximum absolute atomic E-state index is 12.2. The van der Waals surface area contributed by atoms with Crippen LogP contribution < -0.4 is 0 Å². The Morgan fingerprint density at radius 3 is 2.12 bits per heavy atom. The summed E-state index contributed by atoms with van der Waals surface area (Å²) in [5.41, 5.74) is 8.79. The first-order valence-electron chi connectivity index (χ1n) is 12.1. The molecule has 0 aliphatic heterocycles. The molecule has 34 heavy (non-hydrogen) atoms. The topological polar surface area (TPSA) is 59.3 Å². The second-order valence-electron chi connectivity index (χ2n) is 8.93. The van der Waals surface area contributed by atoms with Gasteiger partial charge in [0.1, 0.15) is 4.90 Å². The molecule has 0 saturated carbocycles. The van der Waals surface area contributed by atoms with E-state index in [0.717, 1.165) is 47.7 Å². The van der Waals surface area contributed by atoms with Crippen molar-refractivity contribution in [1.29, 1.82) is 0 Å². The molecule has 5 heteroatoms. The van der Waals surface area contributed by atoms with Crippen molar-refractivity contribution in [3.05, 3.63) is 94.2 Å². The number of fused-ring (bicyclic) bond motifs is 1. The fourth-order valence-corrected chi connectivity index (χ4v) is 5.66. The number of aromatic nitrogens is 1. The van der Waals surface area contributed by atoms with Gasteiger partial charge in [-0.2, -0.15) is 8.42 Å². The summed E-state index contributed by atoms with van der Waals surface area (Å²) in [7, 11) is -4.37. The van der Waals surface area contributed by atoms with Crippen molar-refractivity contribution < 1.29 is 13.0 Å². The van der Waals surface area contributed by atoms with Crippen molar-refractivity contribution in [3.63, 3.8) is 0 Å². The highest BCUT2D eigenvalue weighted by molar-refractivity contribution is 7.86. The molecule has 1 heterocycles. The first-order valence-corrected chi connectivity index (χ1v) is 13.5. The van der Waals surface area contributed by atoms with Crippen LogP contribution in [0.15, 0.2) is 65.7 Å².